The van der Waals surface area contributed by atoms with Crippen LogP contribution in [0.3, 0.4) is 0 Å². The van der Waals surface area contributed by atoms with Gasteiger partial charge in [-0.25, -0.2) is 5.32 Å². The van der Waals surface area contributed by atoms with Crippen molar-refractivity contribution in [2.75, 3.05) is 24.5 Å². The Kier molecular flexibility index (Phi) is 2.83. The molecule has 2 aliphatic rings. The van der Waals surface area contributed by atoms with Crippen LogP contribution in [0.5, 0.6) is 0 Å². The summed E-state index contributed by atoms with van der Waals surface area (Å²) in [5.74, 6) is 0. The summed E-state index contributed by atoms with van der Waals surface area (Å²) < 4.78 is 0. The molecule has 2 aliphatic heterocycles. The van der Waals surface area contributed by atoms with E-state index in [0.29, 0.717) is 6.04 Å². The fourth-order valence-corrected chi connectivity index (χ4v) is 2.89. The summed E-state index contributed by atoms with van der Waals surface area (Å²) in [5.41, 5.74) is 2.90. The van der Waals surface area contributed by atoms with Crippen molar-refractivity contribution >= 4 is 5.69 Å². The Bertz CT molecular complexity index is 315. The van der Waals surface area contributed by atoms with Crippen LogP contribution in [-0.4, -0.2) is 19.6 Å². The van der Waals surface area contributed by atoms with E-state index in [-0.39, 0.29) is 0 Å². The van der Waals surface area contributed by atoms with E-state index in [0.717, 1.165) is 6.54 Å². The summed E-state index contributed by atoms with van der Waals surface area (Å²) in [6.07, 6.45) is 5.19. The average molecular weight is 215 g/mol. The third-order valence-electron chi connectivity index (χ3n) is 3.73. The SMILES string of the molecule is c1ccc(N2CCCC2)c([C@H]2CCC[N]2)c1. The first-order chi connectivity index (χ1) is 7.95. The summed E-state index contributed by atoms with van der Waals surface area (Å²) >= 11 is 0. The zero-order valence-electron chi connectivity index (χ0n) is 9.73. The number of nitrogens with zero attached hydrogens (tertiary/aromatic N) is 2. The summed E-state index contributed by atoms with van der Waals surface area (Å²) in [6, 6.07) is 9.33. The Hall–Kier alpha value is -1.02. The lowest BCUT2D eigenvalue weighted by Crippen LogP contribution is -2.21. The molecule has 0 aliphatic carbocycles. The molecular formula is C14H19N2. The van der Waals surface area contributed by atoms with Crippen molar-refractivity contribution in [3.05, 3.63) is 29.8 Å². The lowest BCUT2D eigenvalue weighted by molar-refractivity contribution is 0.633. The molecule has 2 fully saturated rings. The zero-order chi connectivity index (χ0) is 10.8. The molecule has 0 N–H and O–H groups in total. The molecule has 2 nitrogen and oxygen atoms in total. The molecule has 85 valence electrons. The van der Waals surface area contributed by atoms with Gasteiger partial charge in [0.05, 0.1) is 6.04 Å². The lowest BCUT2D eigenvalue weighted by Gasteiger charge is -2.23. The van der Waals surface area contributed by atoms with E-state index in [2.05, 4.69) is 29.2 Å². The van der Waals surface area contributed by atoms with E-state index in [1.165, 1.54) is 50.0 Å². The molecule has 1 atom stereocenters. The molecule has 0 unspecified atom stereocenters. The van der Waals surface area contributed by atoms with Crippen LogP contribution in [0.25, 0.3) is 0 Å². The largest absolute Gasteiger partial charge is 0.371 e. The van der Waals surface area contributed by atoms with Crippen LogP contribution in [0.4, 0.5) is 5.69 Å². The Morgan fingerprint density at radius 2 is 1.88 bits per heavy atom. The van der Waals surface area contributed by atoms with Gasteiger partial charge < -0.3 is 4.90 Å². The summed E-state index contributed by atoms with van der Waals surface area (Å²) in [4.78, 5) is 2.53. The van der Waals surface area contributed by atoms with E-state index in [4.69, 9.17) is 5.32 Å². The van der Waals surface area contributed by atoms with Gasteiger partial charge in [-0.15, -0.1) is 0 Å². The number of hydrogen-bond acceptors (Lipinski definition) is 1. The number of hydrogen-bond donors (Lipinski definition) is 0. The molecule has 1 aromatic carbocycles. The fraction of sp³-hybridized carbons (Fsp3) is 0.571. The van der Waals surface area contributed by atoms with Crippen LogP contribution < -0.4 is 10.2 Å². The molecule has 2 saturated heterocycles. The quantitative estimate of drug-likeness (QED) is 0.741. The van der Waals surface area contributed by atoms with Crippen LogP contribution >= 0.6 is 0 Å². The maximum Gasteiger partial charge on any atom is 0.0516 e. The Balaban J connectivity index is 1.90. The highest BCUT2D eigenvalue weighted by atomic mass is 15.1. The molecule has 3 rings (SSSR count). The first-order valence-corrected chi connectivity index (χ1v) is 6.45. The predicted octanol–water partition coefficient (Wildman–Crippen LogP) is 2.73. The van der Waals surface area contributed by atoms with Gasteiger partial charge in [0.25, 0.3) is 0 Å². The Morgan fingerprint density at radius 1 is 1.06 bits per heavy atom. The zero-order valence-corrected chi connectivity index (χ0v) is 9.73. The van der Waals surface area contributed by atoms with Gasteiger partial charge >= 0.3 is 0 Å². The third kappa shape index (κ3) is 1.82. The first-order valence-electron chi connectivity index (χ1n) is 6.45. The maximum atomic E-state index is 4.71. The van der Waals surface area contributed by atoms with Crippen LogP contribution in [0.2, 0.25) is 0 Å². The van der Waals surface area contributed by atoms with Crippen molar-refractivity contribution in [3.8, 4) is 0 Å². The van der Waals surface area contributed by atoms with Gasteiger partial charge in [0.15, 0.2) is 0 Å². The number of benzene rings is 1. The molecule has 0 aromatic heterocycles. The van der Waals surface area contributed by atoms with Crippen molar-refractivity contribution in [3.63, 3.8) is 0 Å². The minimum absolute atomic E-state index is 0.469. The lowest BCUT2D eigenvalue weighted by atomic mass is 10.0. The number of para-hydroxylation sites is 1. The molecule has 1 radical (unpaired) electrons. The van der Waals surface area contributed by atoms with E-state index < -0.39 is 0 Å². The van der Waals surface area contributed by atoms with Crippen molar-refractivity contribution in [2.45, 2.75) is 31.7 Å². The molecule has 2 heteroatoms. The normalized spacial score (nSPS) is 25.2. The second kappa shape index (κ2) is 4.46. The standard InChI is InChI=1S/C14H19N2/c1-2-8-14(16-10-3-4-11-16)12(6-1)13-7-5-9-15-13/h1-2,6,8,13H,3-5,7,9-11H2/t13-/m1/s1. The van der Waals surface area contributed by atoms with E-state index in [1.54, 1.807) is 0 Å². The molecule has 0 amide bonds. The molecule has 0 spiro atoms. The van der Waals surface area contributed by atoms with Gasteiger partial charge in [-0.2, -0.15) is 0 Å². The Morgan fingerprint density at radius 3 is 2.62 bits per heavy atom. The van der Waals surface area contributed by atoms with Crippen molar-refractivity contribution in [1.29, 1.82) is 0 Å². The summed E-state index contributed by atoms with van der Waals surface area (Å²) in [6.45, 7) is 3.51. The van der Waals surface area contributed by atoms with Gasteiger partial charge in [0.1, 0.15) is 0 Å². The van der Waals surface area contributed by atoms with Crippen LogP contribution in [0.15, 0.2) is 24.3 Å². The van der Waals surface area contributed by atoms with Gasteiger partial charge in [0, 0.05) is 25.3 Å². The van der Waals surface area contributed by atoms with Crippen LogP contribution in [0.1, 0.15) is 37.3 Å². The van der Waals surface area contributed by atoms with Gasteiger partial charge in [-0.1, -0.05) is 18.2 Å². The van der Waals surface area contributed by atoms with Crippen molar-refractivity contribution in [1.82, 2.24) is 5.32 Å². The van der Waals surface area contributed by atoms with E-state index in [9.17, 15) is 0 Å². The second-order valence-electron chi connectivity index (χ2n) is 4.82. The number of rotatable bonds is 2. The maximum absolute atomic E-state index is 4.71. The molecule has 0 saturated carbocycles. The molecule has 2 heterocycles. The highest BCUT2D eigenvalue weighted by molar-refractivity contribution is 5.55. The smallest absolute Gasteiger partial charge is 0.0516 e. The second-order valence-corrected chi connectivity index (χ2v) is 4.82. The predicted molar refractivity (Wildman–Crippen MR) is 66.9 cm³/mol. The van der Waals surface area contributed by atoms with Gasteiger partial charge in [0.2, 0.25) is 0 Å². The Labute approximate surface area is 97.6 Å². The highest BCUT2D eigenvalue weighted by Gasteiger charge is 2.23. The molecular weight excluding hydrogens is 196 g/mol. The third-order valence-corrected chi connectivity index (χ3v) is 3.73. The van der Waals surface area contributed by atoms with Crippen LogP contribution in [-0.2, 0) is 0 Å². The molecule has 16 heavy (non-hydrogen) atoms. The molecule has 0 bridgehead atoms. The number of anilines is 1. The summed E-state index contributed by atoms with van der Waals surface area (Å²) in [5, 5.41) is 4.71. The first kappa shape index (κ1) is 10.2. The topological polar surface area (TPSA) is 17.3 Å². The molecule has 1 aromatic rings. The van der Waals surface area contributed by atoms with Crippen LogP contribution in [0, 0.1) is 0 Å². The summed E-state index contributed by atoms with van der Waals surface area (Å²) in [7, 11) is 0. The average Bonchev–Trinajstić information content (AvgIpc) is 3.03. The minimum atomic E-state index is 0.469. The highest BCUT2D eigenvalue weighted by Crippen LogP contribution is 2.33. The fourth-order valence-electron chi connectivity index (χ4n) is 2.89. The minimum Gasteiger partial charge on any atom is -0.371 e. The van der Waals surface area contributed by atoms with E-state index in [1.807, 2.05) is 0 Å². The van der Waals surface area contributed by atoms with Gasteiger partial charge in [-0.05, 0) is 37.3 Å². The van der Waals surface area contributed by atoms with Crippen molar-refractivity contribution in [2.24, 2.45) is 0 Å². The van der Waals surface area contributed by atoms with E-state index >= 15 is 0 Å². The monoisotopic (exact) mass is 215 g/mol. The van der Waals surface area contributed by atoms with Gasteiger partial charge in [-0.3, -0.25) is 0 Å². The van der Waals surface area contributed by atoms with Crippen molar-refractivity contribution < 1.29 is 0 Å².